The van der Waals surface area contributed by atoms with Crippen LogP contribution in [0.5, 0.6) is 0 Å². The van der Waals surface area contributed by atoms with E-state index in [0.717, 1.165) is 41.7 Å². The molecule has 4 fully saturated rings. The van der Waals surface area contributed by atoms with E-state index < -0.39 is 11.7 Å². The summed E-state index contributed by atoms with van der Waals surface area (Å²) in [7, 11) is 0. The van der Waals surface area contributed by atoms with E-state index in [4.69, 9.17) is 0 Å². The first-order valence-electron chi connectivity index (χ1n) is 9.17. The second-order valence-corrected chi connectivity index (χ2v) is 8.29. The Kier molecular flexibility index (Phi) is 4.00. The van der Waals surface area contributed by atoms with Crippen LogP contribution in [0.2, 0.25) is 0 Å². The number of aromatic nitrogens is 1. The Morgan fingerprint density at radius 3 is 2.33 bits per heavy atom. The van der Waals surface area contributed by atoms with Gasteiger partial charge in [-0.15, -0.1) is 0 Å². The SMILES string of the molecule is CC(CNc1cc(C(F)(F)F)ccn1)C1C2CC3CC(C2)CC1C3. The first kappa shape index (κ1) is 16.2. The third kappa shape index (κ3) is 3.02. The Hall–Kier alpha value is -1.26. The van der Waals surface area contributed by atoms with Crippen molar-refractivity contribution >= 4 is 5.82 Å². The molecule has 4 aliphatic carbocycles. The summed E-state index contributed by atoms with van der Waals surface area (Å²) in [6, 6.07) is 2.13. The van der Waals surface area contributed by atoms with Crippen molar-refractivity contribution in [3.63, 3.8) is 0 Å². The van der Waals surface area contributed by atoms with Crippen LogP contribution in [0.1, 0.15) is 44.6 Å². The Morgan fingerprint density at radius 2 is 1.75 bits per heavy atom. The molecule has 1 heterocycles. The van der Waals surface area contributed by atoms with Gasteiger partial charge in [0.1, 0.15) is 5.82 Å². The molecule has 0 spiro atoms. The van der Waals surface area contributed by atoms with Crippen molar-refractivity contribution in [1.29, 1.82) is 0 Å². The van der Waals surface area contributed by atoms with Crippen molar-refractivity contribution in [2.24, 2.45) is 35.5 Å². The van der Waals surface area contributed by atoms with Crippen LogP contribution >= 0.6 is 0 Å². The largest absolute Gasteiger partial charge is 0.416 e. The number of hydrogen-bond acceptors (Lipinski definition) is 2. The average Bonchev–Trinajstić information content (AvgIpc) is 2.51. The summed E-state index contributed by atoms with van der Waals surface area (Å²) in [6.45, 7) is 2.97. The molecule has 2 nitrogen and oxygen atoms in total. The maximum Gasteiger partial charge on any atom is 0.416 e. The maximum absolute atomic E-state index is 12.8. The van der Waals surface area contributed by atoms with Crippen molar-refractivity contribution in [3.05, 3.63) is 23.9 Å². The number of halogens is 3. The molecule has 0 aliphatic heterocycles. The van der Waals surface area contributed by atoms with E-state index in [1.54, 1.807) is 0 Å². The Balaban J connectivity index is 1.39. The van der Waals surface area contributed by atoms with Crippen LogP contribution in [0.25, 0.3) is 0 Å². The second kappa shape index (κ2) is 5.92. The summed E-state index contributed by atoms with van der Waals surface area (Å²) in [4.78, 5) is 4.05. The van der Waals surface area contributed by atoms with Crippen LogP contribution in [0.3, 0.4) is 0 Å². The summed E-state index contributed by atoms with van der Waals surface area (Å²) in [6.07, 6.45) is 3.88. The molecule has 0 amide bonds. The van der Waals surface area contributed by atoms with Crippen LogP contribution in [0, 0.1) is 35.5 Å². The van der Waals surface area contributed by atoms with Gasteiger partial charge >= 0.3 is 6.18 Å². The third-order valence-electron chi connectivity index (χ3n) is 6.65. The normalized spacial score (nSPS) is 35.9. The fourth-order valence-corrected chi connectivity index (χ4v) is 6.00. The zero-order chi connectivity index (χ0) is 16.9. The number of anilines is 1. The summed E-state index contributed by atoms with van der Waals surface area (Å²) >= 11 is 0. The molecule has 4 bridgehead atoms. The van der Waals surface area contributed by atoms with E-state index in [-0.39, 0.29) is 0 Å². The number of rotatable bonds is 4. The Bertz CT molecular complexity index is 571. The zero-order valence-corrected chi connectivity index (χ0v) is 14.0. The molecule has 4 aliphatic rings. The molecule has 0 saturated heterocycles. The van der Waals surface area contributed by atoms with E-state index in [0.29, 0.717) is 18.3 Å². The van der Waals surface area contributed by atoms with E-state index in [1.807, 2.05) is 0 Å². The van der Waals surface area contributed by atoms with E-state index in [9.17, 15) is 13.2 Å². The van der Waals surface area contributed by atoms with Crippen LogP contribution in [0.15, 0.2) is 18.3 Å². The third-order valence-corrected chi connectivity index (χ3v) is 6.65. The van der Waals surface area contributed by atoms with Crippen molar-refractivity contribution < 1.29 is 13.2 Å². The molecule has 24 heavy (non-hydrogen) atoms. The lowest BCUT2D eigenvalue weighted by Crippen LogP contribution is -2.48. The molecule has 0 aromatic carbocycles. The minimum atomic E-state index is -4.31. The summed E-state index contributed by atoms with van der Waals surface area (Å²) in [5.74, 6) is 5.14. The molecular formula is C19H25F3N2. The average molecular weight is 338 g/mol. The highest BCUT2D eigenvalue weighted by Gasteiger charge is 2.49. The van der Waals surface area contributed by atoms with Crippen molar-refractivity contribution in [2.75, 3.05) is 11.9 Å². The summed E-state index contributed by atoms with van der Waals surface area (Å²) in [5, 5.41) is 3.15. The van der Waals surface area contributed by atoms with E-state index in [1.165, 1.54) is 38.3 Å². The summed E-state index contributed by atoms with van der Waals surface area (Å²) in [5.41, 5.74) is -0.637. The molecule has 1 aromatic heterocycles. The lowest BCUT2D eigenvalue weighted by molar-refractivity contribution is -0.137. The minimum absolute atomic E-state index is 0.334. The van der Waals surface area contributed by atoms with Gasteiger partial charge in [0.25, 0.3) is 0 Å². The summed E-state index contributed by atoms with van der Waals surface area (Å²) < 4.78 is 38.4. The molecule has 5 heteroatoms. The number of alkyl halides is 3. The second-order valence-electron chi connectivity index (χ2n) is 8.29. The van der Waals surface area contributed by atoms with Crippen LogP contribution in [-0.4, -0.2) is 11.5 Å². The van der Waals surface area contributed by atoms with Gasteiger partial charge in [-0.3, -0.25) is 0 Å². The van der Waals surface area contributed by atoms with E-state index >= 15 is 0 Å². The number of hydrogen-bond donors (Lipinski definition) is 1. The molecule has 1 unspecified atom stereocenters. The Labute approximate surface area is 141 Å². The lowest BCUT2D eigenvalue weighted by Gasteiger charge is -2.56. The highest BCUT2D eigenvalue weighted by atomic mass is 19.4. The Morgan fingerprint density at radius 1 is 1.12 bits per heavy atom. The number of nitrogens with one attached hydrogen (secondary N) is 1. The molecular weight excluding hydrogens is 313 g/mol. The molecule has 1 aromatic rings. The smallest absolute Gasteiger partial charge is 0.370 e. The van der Waals surface area contributed by atoms with Gasteiger partial charge < -0.3 is 5.32 Å². The first-order valence-corrected chi connectivity index (χ1v) is 9.17. The molecule has 1 N–H and O–H groups in total. The first-order chi connectivity index (χ1) is 11.4. The standard InChI is InChI=1S/C19H25F3N2/c1-11(10-24-17-9-16(2-3-23-17)19(20,21)22)18-14-5-12-4-13(7-14)8-15(18)6-12/h2-3,9,11-15,18H,4-8,10H2,1H3,(H,23,24). The van der Waals surface area contributed by atoms with E-state index in [2.05, 4.69) is 17.2 Å². The van der Waals surface area contributed by atoms with Crippen LogP contribution in [0.4, 0.5) is 19.0 Å². The monoisotopic (exact) mass is 338 g/mol. The molecule has 5 rings (SSSR count). The van der Waals surface area contributed by atoms with Crippen LogP contribution < -0.4 is 5.32 Å². The van der Waals surface area contributed by atoms with Crippen molar-refractivity contribution in [2.45, 2.75) is 45.2 Å². The quantitative estimate of drug-likeness (QED) is 0.814. The van der Waals surface area contributed by atoms with Crippen molar-refractivity contribution in [1.82, 2.24) is 4.98 Å². The van der Waals surface area contributed by atoms with Gasteiger partial charge in [0, 0.05) is 12.7 Å². The highest BCUT2D eigenvalue weighted by Crippen LogP contribution is 2.58. The van der Waals surface area contributed by atoms with Gasteiger partial charge in [-0.1, -0.05) is 6.92 Å². The van der Waals surface area contributed by atoms with Crippen LogP contribution in [-0.2, 0) is 6.18 Å². The lowest BCUT2D eigenvalue weighted by atomic mass is 9.50. The fraction of sp³-hybridized carbons (Fsp3) is 0.737. The number of pyridine rings is 1. The van der Waals surface area contributed by atoms with Gasteiger partial charge in [0.05, 0.1) is 5.56 Å². The van der Waals surface area contributed by atoms with Gasteiger partial charge in [0.2, 0.25) is 0 Å². The predicted octanol–water partition coefficient (Wildman–Crippen LogP) is 5.22. The molecule has 1 atom stereocenters. The fourth-order valence-electron chi connectivity index (χ4n) is 6.00. The van der Waals surface area contributed by atoms with Gasteiger partial charge in [0.15, 0.2) is 0 Å². The molecule has 4 saturated carbocycles. The minimum Gasteiger partial charge on any atom is -0.370 e. The highest BCUT2D eigenvalue weighted by molar-refractivity contribution is 5.38. The predicted molar refractivity (Wildman–Crippen MR) is 87.4 cm³/mol. The topological polar surface area (TPSA) is 24.9 Å². The zero-order valence-electron chi connectivity index (χ0n) is 14.0. The number of nitrogens with zero attached hydrogens (tertiary/aromatic N) is 1. The van der Waals surface area contributed by atoms with Crippen molar-refractivity contribution in [3.8, 4) is 0 Å². The van der Waals surface area contributed by atoms with Gasteiger partial charge in [-0.2, -0.15) is 13.2 Å². The molecule has 132 valence electrons. The van der Waals surface area contributed by atoms with Gasteiger partial charge in [-0.25, -0.2) is 4.98 Å². The molecule has 0 radical (unpaired) electrons. The maximum atomic E-state index is 12.8. The van der Waals surface area contributed by atoms with Gasteiger partial charge in [-0.05, 0) is 79.7 Å².